The number of rotatable bonds is 2. The van der Waals surface area contributed by atoms with Crippen LogP contribution in [-0.4, -0.2) is 35.5 Å². The van der Waals surface area contributed by atoms with E-state index in [9.17, 15) is 4.79 Å². The van der Waals surface area contributed by atoms with E-state index < -0.39 is 0 Å². The first kappa shape index (κ1) is 15.0. The second kappa shape index (κ2) is 6.08. The monoisotopic (exact) mass is 337 g/mol. The van der Waals surface area contributed by atoms with E-state index in [2.05, 4.69) is 15.3 Å². The third-order valence-electron chi connectivity index (χ3n) is 3.36. The topological polar surface area (TPSA) is 84.1 Å². The molecule has 0 radical (unpaired) electrons. The largest absolute Gasteiger partial charge is 0.382 e. The van der Waals surface area contributed by atoms with E-state index in [1.807, 2.05) is 0 Å². The molecular formula is C14H13Cl2N5O. The Morgan fingerprint density at radius 3 is 2.86 bits per heavy atom. The molecule has 1 aliphatic heterocycles. The van der Waals surface area contributed by atoms with Crippen LogP contribution in [0.5, 0.6) is 0 Å². The number of piperazine rings is 1. The number of aromatic nitrogens is 2. The van der Waals surface area contributed by atoms with Gasteiger partial charge in [0, 0.05) is 18.7 Å². The van der Waals surface area contributed by atoms with Crippen molar-refractivity contribution in [2.75, 3.05) is 30.3 Å². The van der Waals surface area contributed by atoms with Crippen molar-refractivity contribution in [2.45, 2.75) is 0 Å². The number of amides is 1. The number of carbonyl (C=O) groups is 1. The minimum Gasteiger partial charge on any atom is -0.382 e. The minimum absolute atomic E-state index is 0.0616. The average molecular weight is 338 g/mol. The number of nitrogen functional groups attached to an aromatic ring is 1. The van der Waals surface area contributed by atoms with Crippen LogP contribution in [0.25, 0.3) is 11.3 Å². The molecule has 3 rings (SSSR count). The lowest BCUT2D eigenvalue weighted by Crippen LogP contribution is -2.48. The number of halogens is 2. The highest BCUT2D eigenvalue weighted by Gasteiger charge is 2.22. The third kappa shape index (κ3) is 2.72. The molecule has 0 atom stereocenters. The van der Waals surface area contributed by atoms with E-state index in [4.69, 9.17) is 28.9 Å². The molecule has 0 bridgehead atoms. The number of hydrogen-bond acceptors (Lipinski definition) is 5. The average Bonchev–Trinajstić information content (AvgIpc) is 2.51. The first-order valence-corrected chi connectivity index (χ1v) is 7.41. The van der Waals surface area contributed by atoms with Gasteiger partial charge < -0.3 is 11.1 Å². The van der Waals surface area contributed by atoms with Crippen molar-refractivity contribution < 1.29 is 4.79 Å². The number of carbonyl (C=O) groups excluding carboxylic acids is 1. The number of hydrogen-bond donors (Lipinski definition) is 2. The maximum atomic E-state index is 11.9. The van der Waals surface area contributed by atoms with Gasteiger partial charge in [0.05, 0.1) is 22.8 Å². The zero-order valence-corrected chi connectivity index (χ0v) is 13.0. The Hall–Kier alpha value is -1.89. The van der Waals surface area contributed by atoms with Crippen molar-refractivity contribution in [3.63, 3.8) is 0 Å². The first-order valence-electron chi connectivity index (χ1n) is 6.66. The summed E-state index contributed by atoms with van der Waals surface area (Å²) < 4.78 is 0. The van der Waals surface area contributed by atoms with Gasteiger partial charge in [-0.05, 0) is 6.07 Å². The summed E-state index contributed by atoms with van der Waals surface area (Å²) in [6, 6.07) is 5.22. The number of anilines is 2. The third-order valence-corrected chi connectivity index (χ3v) is 4.18. The maximum absolute atomic E-state index is 11.9. The molecule has 0 unspecified atom stereocenters. The van der Waals surface area contributed by atoms with Crippen molar-refractivity contribution in [3.05, 3.63) is 34.4 Å². The summed E-state index contributed by atoms with van der Waals surface area (Å²) in [6.45, 7) is 1.52. The van der Waals surface area contributed by atoms with Crippen LogP contribution < -0.4 is 16.0 Å². The van der Waals surface area contributed by atoms with Gasteiger partial charge in [0.2, 0.25) is 5.91 Å². The predicted octanol–water partition coefficient (Wildman–Crippen LogP) is 1.97. The van der Waals surface area contributed by atoms with Crippen LogP contribution in [0.4, 0.5) is 11.6 Å². The summed E-state index contributed by atoms with van der Waals surface area (Å²) in [6.07, 6.45) is 1.52. The number of nitrogens with zero attached hydrogens (tertiary/aromatic N) is 3. The van der Waals surface area contributed by atoms with Crippen LogP contribution in [0.2, 0.25) is 10.0 Å². The number of nitrogens with two attached hydrogens (primary N) is 1. The molecular weight excluding hydrogens is 325 g/mol. The van der Waals surface area contributed by atoms with Crippen LogP contribution in [0.15, 0.2) is 24.4 Å². The summed E-state index contributed by atoms with van der Waals surface area (Å²) in [4.78, 5) is 22.0. The van der Waals surface area contributed by atoms with Gasteiger partial charge in [0.25, 0.3) is 0 Å². The van der Waals surface area contributed by atoms with E-state index in [0.29, 0.717) is 40.2 Å². The zero-order chi connectivity index (χ0) is 15.7. The predicted molar refractivity (Wildman–Crippen MR) is 87.1 cm³/mol. The molecule has 8 heteroatoms. The Balaban J connectivity index is 1.99. The second-order valence-electron chi connectivity index (χ2n) is 4.79. The molecule has 114 valence electrons. The summed E-state index contributed by atoms with van der Waals surface area (Å²) in [5.41, 5.74) is 7.05. The highest BCUT2D eigenvalue weighted by molar-refractivity contribution is 6.43. The Kier molecular flexibility index (Phi) is 4.15. The summed E-state index contributed by atoms with van der Waals surface area (Å²) in [5, 5.41) is 3.79. The lowest BCUT2D eigenvalue weighted by molar-refractivity contribution is -0.118. The standard InChI is InChI=1S/C14H13Cl2N5O/c15-9-3-1-2-8(12(9)16)13-14(17)20-10(6-19-13)21-5-4-18-7-11(21)22/h1-3,6,18H,4-5,7H2,(H2,17,20). The molecule has 2 aromatic rings. The lowest BCUT2D eigenvalue weighted by Gasteiger charge is -2.26. The molecule has 1 saturated heterocycles. The van der Waals surface area contributed by atoms with E-state index in [1.165, 1.54) is 6.20 Å². The molecule has 2 heterocycles. The summed E-state index contributed by atoms with van der Waals surface area (Å²) in [7, 11) is 0. The molecule has 1 fully saturated rings. The molecule has 6 nitrogen and oxygen atoms in total. The highest BCUT2D eigenvalue weighted by atomic mass is 35.5. The van der Waals surface area contributed by atoms with E-state index in [-0.39, 0.29) is 18.3 Å². The van der Waals surface area contributed by atoms with Gasteiger partial charge in [-0.2, -0.15) is 0 Å². The molecule has 0 spiro atoms. The summed E-state index contributed by atoms with van der Waals surface area (Å²) >= 11 is 12.2. The first-order chi connectivity index (χ1) is 10.6. The fraction of sp³-hybridized carbons (Fsp3) is 0.214. The lowest BCUT2D eigenvalue weighted by atomic mass is 10.1. The van der Waals surface area contributed by atoms with Gasteiger partial charge in [-0.3, -0.25) is 9.69 Å². The molecule has 22 heavy (non-hydrogen) atoms. The van der Waals surface area contributed by atoms with Gasteiger partial charge in [-0.1, -0.05) is 35.3 Å². The summed E-state index contributed by atoms with van der Waals surface area (Å²) in [5.74, 6) is 0.576. The van der Waals surface area contributed by atoms with E-state index in [1.54, 1.807) is 23.1 Å². The van der Waals surface area contributed by atoms with Crippen molar-refractivity contribution >= 4 is 40.7 Å². The van der Waals surface area contributed by atoms with Crippen molar-refractivity contribution in [1.29, 1.82) is 0 Å². The Labute approximate surface area is 137 Å². The van der Waals surface area contributed by atoms with Crippen molar-refractivity contribution in [1.82, 2.24) is 15.3 Å². The van der Waals surface area contributed by atoms with Gasteiger partial charge >= 0.3 is 0 Å². The second-order valence-corrected chi connectivity index (χ2v) is 5.57. The van der Waals surface area contributed by atoms with Crippen LogP contribution in [0, 0.1) is 0 Å². The number of nitrogens with one attached hydrogen (secondary N) is 1. The van der Waals surface area contributed by atoms with E-state index in [0.717, 1.165) is 0 Å². The van der Waals surface area contributed by atoms with Crippen LogP contribution >= 0.6 is 23.2 Å². The molecule has 1 amide bonds. The fourth-order valence-corrected chi connectivity index (χ4v) is 2.66. The molecule has 1 aliphatic rings. The highest BCUT2D eigenvalue weighted by Crippen LogP contribution is 2.34. The smallest absolute Gasteiger partial charge is 0.242 e. The van der Waals surface area contributed by atoms with Crippen molar-refractivity contribution in [3.8, 4) is 11.3 Å². The molecule has 3 N–H and O–H groups in total. The SMILES string of the molecule is Nc1nc(N2CCNCC2=O)cnc1-c1cccc(Cl)c1Cl. The van der Waals surface area contributed by atoms with Crippen LogP contribution in [0.3, 0.4) is 0 Å². The van der Waals surface area contributed by atoms with Crippen LogP contribution in [-0.2, 0) is 4.79 Å². The van der Waals surface area contributed by atoms with E-state index >= 15 is 0 Å². The van der Waals surface area contributed by atoms with Gasteiger partial charge in [0.1, 0.15) is 5.69 Å². The van der Waals surface area contributed by atoms with Crippen molar-refractivity contribution in [2.24, 2.45) is 0 Å². The quantitative estimate of drug-likeness (QED) is 0.875. The Morgan fingerprint density at radius 2 is 2.14 bits per heavy atom. The normalized spacial score (nSPS) is 15.2. The van der Waals surface area contributed by atoms with Crippen LogP contribution in [0.1, 0.15) is 0 Å². The minimum atomic E-state index is -0.0616. The fourth-order valence-electron chi connectivity index (χ4n) is 2.27. The molecule has 0 saturated carbocycles. The zero-order valence-electron chi connectivity index (χ0n) is 11.5. The van der Waals surface area contributed by atoms with Gasteiger partial charge in [-0.25, -0.2) is 9.97 Å². The maximum Gasteiger partial charge on any atom is 0.242 e. The van der Waals surface area contributed by atoms with Gasteiger partial charge in [0.15, 0.2) is 11.6 Å². The Bertz CT molecular complexity index is 737. The molecule has 1 aromatic heterocycles. The Morgan fingerprint density at radius 1 is 1.32 bits per heavy atom. The van der Waals surface area contributed by atoms with Gasteiger partial charge in [-0.15, -0.1) is 0 Å². The number of benzene rings is 1. The molecule has 0 aliphatic carbocycles. The molecule has 1 aromatic carbocycles.